The van der Waals surface area contributed by atoms with Crippen molar-refractivity contribution in [2.75, 3.05) is 5.32 Å². The number of hydrogen-bond donors (Lipinski definition) is 1. The normalized spacial score (nSPS) is 12.5. The number of benzene rings is 2. The standard InChI is InChI=1S/C16H17N3S/c1-3-15-18-19-16(20-15)17-11(2)13-9-8-12-6-4-5-7-14(12)10-13/h4-11H,3H2,1-2H3,(H,17,19). The van der Waals surface area contributed by atoms with Crippen molar-refractivity contribution < 1.29 is 0 Å². The molecule has 0 saturated heterocycles. The lowest BCUT2D eigenvalue weighted by Gasteiger charge is -2.13. The molecule has 1 N–H and O–H groups in total. The van der Waals surface area contributed by atoms with Gasteiger partial charge < -0.3 is 5.32 Å². The van der Waals surface area contributed by atoms with Gasteiger partial charge in [0.1, 0.15) is 5.01 Å². The Balaban J connectivity index is 1.82. The summed E-state index contributed by atoms with van der Waals surface area (Å²) >= 11 is 1.63. The maximum absolute atomic E-state index is 4.17. The van der Waals surface area contributed by atoms with Crippen LogP contribution < -0.4 is 5.32 Å². The summed E-state index contributed by atoms with van der Waals surface area (Å²) < 4.78 is 0. The van der Waals surface area contributed by atoms with Crippen LogP contribution in [0.2, 0.25) is 0 Å². The number of hydrogen-bond acceptors (Lipinski definition) is 4. The molecule has 3 aromatic rings. The Morgan fingerprint density at radius 1 is 1.10 bits per heavy atom. The van der Waals surface area contributed by atoms with Gasteiger partial charge in [0.2, 0.25) is 5.13 Å². The zero-order valence-corrected chi connectivity index (χ0v) is 12.4. The zero-order chi connectivity index (χ0) is 13.9. The lowest BCUT2D eigenvalue weighted by atomic mass is 10.0. The number of anilines is 1. The molecule has 1 unspecified atom stereocenters. The lowest BCUT2D eigenvalue weighted by Crippen LogP contribution is -2.06. The van der Waals surface area contributed by atoms with Gasteiger partial charge in [0.15, 0.2) is 0 Å². The highest BCUT2D eigenvalue weighted by atomic mass is 32.1. The van der Waals surface area contributed by atoms with E-state index in [2.05, 4.69) is 71.8 Å². The number of rotatable bonds is 4. The van der Waals surface area contributed by atoms with E-state index in [9.17, 15) is 0 Å². The molecule has 0 fully saturated rings. The first-order chi connectivity index (χ1) is 9.76. The Labute approximate surface area is 122 Å². The molecule has 0 amide bonds. The van der Waals surface area contributed by atoms with E-state index in [0.717, 1.165) is 16.6 Å². The van der Waals surface area contributed by atoms with E-state index in [0.29, 0.717) is 0 Å². The van der Waals surface area contributed by atoms with Crippen molar-refractivity contribution in [2.24, 2.45) is 0 Å². The molecular formula is C16H17N3S. The molecule has 0 bridgehead atoms. The fourth-order valence-corrected chi connectivity index (χ4v) is 2.97. The molecule has 1 atom stereocenters. The average Bonchev–Trinajstić information content (AvgIpc) is 2.94. The Kier molecular flexibility index (Phi) is 3.65. The Morgan fingerprint density at radius 2 is 1.90 bits per heavy atom. The van der Waals surface area contributed by atoms with Crippen molar-refractivity contribution in [3.8, 4) is 0 Å². The molecule has 20 heavy (non-hydrogen) atoms. The molecule has 0 aliphatic heterocycles. The molecule has 3 nitrogen and oxygen atoms in total. The Morgan fingerprint density at radius 3 is 2.65 bits per heavy atom. The fraction of sp³-hybridized carbons (Fsp3) is 0.250. The minimum atomic E-state index is 0.220. The smallest absolute Gasteiger partial charge is 0.206 e. The zero-order valence-electron chi connectivity index (χ0n) is 11.6. The molecule has 0 aliphatic rings. The maximum Gasteiger partial charge on any atom is 0.206 e. The first kappa shape index (κ1) is 13.1. The molecule has 2 aromatic carbocycles. The van der Waals surface area contributed by atoms with E-state index in [1.807, 2.05) is 0 Å². The van der Waals surface area contributed by atoms with Crippen LogP contribution in [0.1, 0.15) is 30.5 Å². The van der Waals surface area contributed by atoms with Crippen LogP contribution in [-0.4, -0.2) is 10.2 Å². The van der Waals surface area contributed by atoms with Crippen molar-refractivity contribution >= 4 is 27.2 Å². The van der Waals surface area contributed by atoms with Gasteiger partial charge in [-0.15, -0.1) is 10.2 Å². The average molecular weight is 283 g/mol. The summed E-state index contributed by atoms with van der Waals surface area (Å²) in [6.45, 7) is 4.24. The van der Waals surface area contributed by atoms with Gasteiger partial charge in [0.25, 0.3) is 0 Å². The quantitative estimate of drug-likeness (QED) is 0.770. The molecule has 0 aliphatic carbocycles. The first-order valence-electron chi connectivity index (χ1n) is 6.84. The van der Waals surface area contributed by atoms with E-state index < -0.39 is 0 Å². The molecular weight excluding hydrogens is 266 g/mol. The van der Waals surface area contributed by atoms with Gasteiger partial charge in [-0.1, -0.05) is 54.7 Å². The Bertz CT molecular complexity index is 720. The van der Waals surface area contributed by atoms with Crippen molar-refractivity contribution in [2.45, 2.75) is 26.3 Å². The lowest BCUT2D eigenvalue weighted by molar-refractivity contribution is 0.872. The van der Waals surface area contributed by atoms with E-state index in [4.69, 9.17) is 0 Å². The summed E-state index contributed by atoms with van der Waals surface area (Å²) in [6, 6.07) is 15.2. The third-order valence-electron chi connectivity index (χ3n) is 3.38. The van der Waals surface area contributed by atoms with Crippen molar-refractivity contribution in [1.29, 1.82) is 0 Å². The van der Waals surface area contributed by atoms with Crippen molar-refractivity contribution in [3.63, 3.8) is 0 Å². The van der Waals surface area contributed by atoms with Crippen LogP contribution in [0.25, 0.3) is 10.8 Å². The molecule has 1 heterocycles. The third-order valence-corrected chi connectivity index (χ3v) is 4.38. The summed E-state index contributed by atoms with van der Waals surface area (Å²) in [6.07, 6.45) is 0.934. The van der Waals surface area contributed by atoms with Crippen LogP contribution in [0, 0.1) is 0 Å². The molecule has 3 rings (SSSR count). The van der Waals surface area contributed by atoms with E-state index >= 15 is 0 Å². The van der Waals surface area contributed by atoms with Gasteiger partial charge in [-0.05, 0) is 35.7 Å². The molecule has 0 saturated carbocycles. The number of nitrogens with zero attached hydrogens (tertiary/aromatic N) is 2. The number of aromatic nitrogens is 2. The number of aryl methyl sites for hydroxylation is 1. The highest BCUT2D eigenvalue weighted by Gasteiger charge is 2.09. The van der Waals surface area contributed by atoms with Crippen LogP contribution in [0.3, 0.4) is 0 Å². The largest absolute Gasteiger partial charge is 0.354 e. The summed E-state index contributed by atoms with van der Waals surface area (Å²) in [7, 11) is 0. The molecule has 102 valence electrons. The summed E-state index contributed by atoms with van der Waals surface area (Å²) in [5.41, 5.74) is 1.26. The predicted molar refractivity (Wildman–Crippen MR) is 85.3 cm³/mol. The monoisotopic (exact) mass is 283 g/mol. The molecule has 0 spiro atoms. The summed E-state index contributed by atoms with van der Waals surface area (Å²) in [4.78, 5) is 0. The van der Waals surface area contributed by atoms with Gasteiger partial charge >= 0.3 is 0 Å². The van der Waals surface area contributed by atoms with Gasteiger partial charge in [0, 0.05) is 0 Å². The Hall–Kier alpha value is -1.94. The van der Waals surface area contributed by atoms with Crippen molar-refractivity contribution in [3.05, 3.63) is 53.0 Å². The minimum absolute atomic E-state index is 0.220. The second kappa shape index (κ2) is 5.59. The maximum atomic E-state index is 4.17. The number of nitrogens with one attached hydrogen (secondary N) is 1. The third kappa shape index (κ3) is 2.65. The van der Waals surface area contributed by atoms with E-state index in [1.165, 1.54) is 16.3 Å². The minimum Gasteiger partial charge on any atom is -0.354 e. The molecule has 0 radical (unpaired) electrons. The van der Waals surface area contributed by atoms with E-state index in [-0.39, 0.29) is 6.04 Å². The van der Waals surface area contributed by atoms with Gasteiger partial charge in [-0.25, -0.2) is 0 Å². The van der Waals surface area contributed by atoms with Gasteiger partial charge in [-0.2, -0.15) is 0 Å². The first-order valence-corrected chi connectivity index (χ1v) is 7.65. The van der Waals surface area contributed by atoms with Crippen LogP contribution in [0.15, 0.2) is 42.5 Å². The molecule has 4 heteroatoms. The van der Waals surface area contributed by atoms with Crippen LogP contribution in [0.5, 0.6) is 0 Å². The molecule has 1 aromatic heterocycles. The second-order valence-corrected chi connectivity index (χ2v) is 5.89. The van der Waals surface area contributed by atoms with Crippen LogP contribution in [-0.2, 0) is 6.42 Å². The summed E-state index contributed by atoms with van der Waals surface area (Å²) in [5, 5.41) is 16.2. The topological polar surface area (TPSA) is 37.8 Å². The van der Waals surface area contributed by atoms with Gasteiger partial charge in [-0.3, -0.25) is 0 Å². The second-order valence-electron chi connectivity index (χ2n) is 4.83. The van der Waals surface area contributed by atoms with Crippen LogP contribution in [0.4, 0.5) is 5.13 Å². The highest BCUT2D eigenvalue weighted by molar-refractivity contribution is 7.15. The van der Waals surface area contributed by atoms with E-state index in [1.54, 1.807) is 11.3 Å². The summed E-state index contributed by atoms with van der Waals surface area (Å²) in [5.74, 6) is 0. The highest BCUT2D eigenvalue weighted by Crippen LogP contribution is 2.25. The predicted octanol–water partition coefficient (Wildman–Crippen LogP) is 4.43. The SMILES string of the molecule is CCc1nnc(NC(C)c2ccc3ccccc3c2)s1. The fourth-order valence-electron chi connectivity index (χ4n) is 2.20. The van der Waals surface area contributed by atoms with Crippen molar-refractivity contribution in [1.82, 2.24) is 10.2 Å². The van der Waals surface area contributed by atoms with Gasteiger partial charge in [0.05, 0.1) is 6.04 Å². The number of fused-ring (bicyclic) bond motifs is 1. The van der Waals surface area contributed by atoms with Crippen LogP contribution >= 0.6 is 11.3 Å².